The van der Waals surface area contributed by atoms with Gasteiger partial charge in [-0.15, -0.1) is 0 Å². The highest BCUT2D eigenvalue weighted by Gasteiger charge is 2.37. The van der Waals surface area contributed by atoms with E-state index in [0.717, 1.165) is 29.4 Å². The molecule has 5 rings (SSSR count). The molecule has 4 heteroatoms. The van der Waals surface area contributed by atoms with Gasteiger partial charge in [-0.3, -0.25) is 0 Å². The van der Waals surface area contributed by atoms with Crippen molar-refractivity contribution in [3.8, 4) is 6.07 Å². The highest BCUT2D eigenvalue weighted by Crippen LogP contribution is 2.45. The van der Waals surface area contributed by atoms with Crippen LogP contribution in [-0.2, 0) is 0 Å². The van der Waals surface area contributed by atoms with Gasteiger partial charge in [0.15, 0.2) is 0 Å². The second kappa shape index (κ2) is 5.74. The molecule has 1 unspecified atom stereocenters. The van der Waals surface area contributed by atoms with E-state index in [4.69, 9.17) is 0 Å². The van der Waals surface area contributed by atoms with E-state index in [1.54, 1.807) is 13.0 Å². The zero-order chi connectivity index (χ0) is 17.8. The first-order valence-corrected chi connectivity index (χ1v) is 9.55. The van der Waals surface area contributed by atoms with Crippen molar-refractivity contribution >= 4 is 10.9 Å². The molecular weight excluding hydrogens is 325 g/mol. The van der Waals surface area contributed by atoms with Crippen LogP contribution in [0.25, 0.3) is 10.9 Å². The molecule has 2 fully saturated rings. The molecule has 0 bridgehead atoms. The number of nitriles is 1. The maximum absolute atomic E-state index is 14.3. The lowest BCUT2D eigenvalue weighted by molar-refractivity contribution is 0.268. The molecule has 1 atom stereocenters. The minimum Gasteiger partial charge on any atom is -0.362 e. The molecule has 2 heterocycles. The normalized spacial score (nSPS) is 22.7. The fourth-order valence-electron chi connectivity index (χ4n) is 4.36. The SMILES string of the molecule is Cc1cc2c(cc1F)c(C#N)c(C1C=CC=CN1C1CC1)n2C1CCC1. The zero-order valence-corrected chi connectivity index (χ0v) is 15.0. The summed E-state index contributed by atoms with van der Waals surface area (Å²) in [4.78, 5) is 2.38. The maximum atomic E-state index is 14.3. The molecule has 0 spiro atoms. The van der Waals surface area contributed by atoms with E-state index in [2.05, 4.69) is 40.0 Å². The molecule has 2 saturated carbocycles. The van der Waals surface area contributed by atoms with E-state index in [9.17, 15) is 9.65 Å². The number of hydrogen-bond acceptors (Lipinski definition) is 2. The Morgan fingerprint density at radius 3 is 2.58 bits per heavy atom. The Balaban J connectivity index is 1.79. The van der Waals surface area contributed by atoms with Crippen molar-refractivity contribution in [1.29, 1.82) is 5.26 Å². The largest absolute Gasteiger partial charge is 0.362 e. The van der Waals surface area contributed by atoms with Crippen LogP contribution in [0.4, 0.5) is 4.39 Å². The van der Waals surface area contributed by atoms with Crippen LogP contribution in [0.3, 0.4) is 0 Å². The van der Waals surface area contributed by atoms with Gasteiger partial charge in [-0.25, -0.2) is 4.39 Å². The molecule has 1 aliphatic heterocycles. The maximum Gasteiger partial charge on any atom is 0.126 e. The minimum atomic E-state index is -0.232. The van der Waals surface area contributed by atoms with Gasteiger partial charge in [0.1, 0.15) is 11.9 Å². The smallest absolute Gasteiger partial charge is 0.126 e. The lowest BCUT2D eigenvalue weighted by Crippen LogP contribution is -2.30. The van der Waals surface area contributed by atoms with Crippen LogP contribution < -0.4 is 0 Å². The first-order valence-electron chi connectivity index (χ1n) is 9.55. The number of fused-ring (bicyclic) bond motifs is 1. The first-order chi connectivity index (χ1) is 12.7. The number of aryl methyl sites for hydroxylation is 1. The van der Waals surface area contributed by atoms with Crippen molar-refractivity contribution in [3.05, 3.63) is 59.2 Å². The summed E-state index contributed by atoms with van der Waals surface area (Å²) >= 11 is 0. The fraction of sp³-hybridized carbons (Fsp3) is 0.409. The molecule has 0 saturated heterocycles. The quantitative estimate of drug-likeness (QED) is 0.757. The summed E-state index contributed by atoms with van der Waals surface area (Å²) in [6, 6.07) is 6.93. The summed E-state index contributed by atoms with van der Waals surface area (Å²) in [6.07, 6.45) is 14.4. The summed E-state index contributed by atoms with van der Waals surface area (Å²) in [6.45, 7) is 1.80. The third-order valence-electron chi connectivity index (χ3n) is 6.11. The van der Waals surface area contributed by atoms with Gasteiger partial charge < -0.3 is 9.47 Å². The molecule has 1 aromatic carbocycles. The molecule has 1 aromatic heterocycles. The Labute approximate surface area is 153 Å². The van der Waals surface area contributed by atoms with Gasteiger partial charge in [0.2, 0.25) is 0 Å². The summed E-state index contributed by atoms with van der Waals surface area (Å²) < 4.78 is 16.7. The van der Waals surface area contributed by atoms with Crippen LogP contribution in [0.15, 0.2) is 36.6 Å². The van der Waals surface area contributed by atoms with Crippen LogP contribution in [0.5, 0.6) is 0 Å². The van der Waals surface area contributed by atoms with Crippen LogP contribution in [0, 0.1) is 24.1 Å². The van der Waals surface area contributed by atoms with Crippen molar-refractivity contribution in [2.24, 2.45) is 0 Å². The van der Waals surface area contributed by atoms with Crippen molar-refractivity contribution < 1.29 is 4.39 Å². The van der Waals surface area contributed by atoms with E-state index in [1.807, 2.05) is 6.07 Å². The minimum absolute atomic E-state index is 0.0542. The number of hydrogen-bond donors (Lipinski definition) is 0. The van der Waals surface area contributed by atoms with E-state index in [0.29, 0.717) is 23.2 Å². The van der Waals surface area contributed by atoms with Gasteiger partial charge in [0, 0.05) is 23.7 Å². The highest BCUT2D eigenvalue weighted by atomic mass is 19.1. The van der Waals surface area contributed by atoms with Crippen molar-refractivity contribution in [3.63, 3.8) is 0 Å². The van der Waals surface area contributed by atoms with E-state index >= 15 is 0 Å². The van der Waals surface area contributed by atoms with Gasteiger partial charge >= 0.3 is 0 Å². The predicted octanol–water partition coefficient (Wildman–Crippen LogP) is 5.27. The average Bonchev–Trinajstić information content (AvgIpc) is 3.40. The Morgan fingerprint density at radius 2 is 1.92 bits per heavy atom. The Kier molecular flexibility index (Phi) is 3.46. The van der Waals surface area contributed by atoms with Gasteiger partial charge in [-0.05, 0) is 62.8 Å². The predicted molar refractivity (Wildman–Crippen MR) is 100 cm³/mol. The average molecular weight is 347 g/mol. The van der Waals surface area contributed by atoms with E-state index < -0.39 is 0 Å². The van der Waals surface area contributed by atoms with Gasteiger partial charge in [-0.2, -0.15) is 5.26 Å². The Bertz CT molecular complexity index is 983. The number of benzene rings is 1. The van der Waals surface area contributed by atoms with Crippen LogP contribution in [-0.4, -0.2) is 15.5 Å². The number of aromatic nitrogens is 1. The molecule has 3 aliphatic rings. The standard InChI is InChI=1S/C22H22FN3/c1-14-11-21-17(12-19(14)23)18(13-24)22(26(21)16-5-4-6-16)20-7-2-3-10-25(20)15-8-9-15/h2-3,7,10-12,15-16,20H,4-6,8-9H2,1H3. The molecule has 2 aromatic rings. The Hall–Kier alpha value is -2.54. The van der Waals surface area contributed by atoms with Gasteiger partial charge in [0.05, 0.1) is 22.8 Å². The fourth-order valence-corrected chi connectivity index (χ4v) is 4.36. The van der Waals surface area contributed by atoms with E-state index in [1.165, 1.54) is 19.3 Å². The third-order valence-corrected chi connectivity index (χ3v) is 6.11. The molecule has 26 heavy (non-hydrogen) atoms. The van der Waals surface area contributed by atoms with Crippen LogP contribution in [0.2, 0.25) is 0 Å². The lowest BCUT2D eigenvalue weighted by Gasteiger charge is -2.36. The number of nitrogens with zero attached hydrogens (tertiary/aromatic N) is 3. The molecule has 132 valence electrons. The zero-order valence-electron chi connectivity index (χ0n) is 15.0. The van der Waals surface area contributed by atoms with Gasteiger partial charge in [-0.1, -0.05) is 12.2 Å². The monoisotopic (exact) mass is 347 g/mol. The van der Waals surface area contributed by atoms with Gasteiger partial charge in [0.25, 0.3) is 0 Å². The number of rotatable bonds is 3. The van der Waals surface area contributed by atoms with E-state index in [-0.39, 0.29) is 11.9 Å². The van der Waals surface area contributed by atoms with Crippen molar-refractivity contribution in [2.75, 3.05) is 0 Å². The molecule has 2 aliphatic carbocycles. The number of allylic oxidation sites excluding steroid dienone is 2. The molecule has 3 nitrogen and oxygen atoms in total. The summed E-state index contributed by atoms with van der Waals surface area (Å²) in [5, 5.41) is 10.7. The lowest BCUT2D eigenvalue weighted by atomic mass is 9.91. The Morgan fingerprint density at radius 1 is 1.12 bits per heavy atom. The number of halogens is 1. The third kappa shape index (κ3) is 2.23. The molecule has 0 N–H and O–H groups in total. The second-order valence-electron chi connectivity index (χ2n) is 7.79. The van der Waals surface area contributed by atoms with Crippen LogP contribution >= 0.6 is 0 Å². The van der Waals surface area contributed by atoms with Crippen molar-refractivity contribution in [2.45, 2.75) is 57.2 Å². The highest BCUT2D eigenvalue weighted by molar-refractivity contribution is 5.89. The first kappa shape index (κ1) is 15.7. The summed E-state index contributed by atoms with van der Waals surface area (Å²) in [5.74, 6) is -0.232. The topological polar surface area (TPSA) is 32.0 Å². The summed E-state index contributed by atoms with van der Waals surface area (Å²) in [5.41, 5.74) is 3.34. The summed E-state index contributed by atoms with van der Waals surface area (Å²) in [7, 11) is 0. The molecule has 0 radical (unpaired) electrons. The molecule has 0 amide bonds. The van der Waals surface area contributed by atoms with Crippen LogP contribution in [0.1, 0.15) is 61.0 Å². The second-order valence-corrected chi connectivity index (χ2v) is 7.79. The molecular formula is C22H22FN3. The van der Waals surface area contributed by atoms with Crippen molar-refractivity contribution in [1.82, 2.24) is 9.47 Å².